The third-order valence-corrected chi connectivity index (χ3v) is 2.65. The highest BCUT2D eigenvalue weighted by Gasteiger charge is 2.12. The van der Waals surface area contributed by atoms with Crippen molar-refractivity contribution in [1.29, 1.82) is 0 Å². The van der Waals surface area contributed by atoms with E-state index in [1.807, 2.05) is 0 Å². The minimum Gasteiger partial charge on any atom is -0.507 e. The highest BCUT2D eigenvalue weighted by Crippen LogP contribution is 2.24. The number of anilines is 1. The summed E-state index contributed by atoms with van der Waals surface area (Å²) in [5, 5.41) is 21.3. The molecular formula is C13H9ClFNO3. The van der Waals surface area contributed by atoms with Crippen LogP contribution in [0.25, 0.3) is 0 Å². The molecule has 0 saturated carbocycles. The van der Waals surface area contributed by atoms with Crippen molar-refractivity contribution in [1.82, 2.24) is 0 Å². The Labute approximate surface area is 113 Å². The molecule has 0 fully saturated rings. The second-order valence-corrected chi connectivity index (χ2v) is 4.22. The molecule has 0 heterocycles. The van der Waals surface area contributed by atoms with Crippen LogP contribution < -0.4 is 5.32 Å². The summed E-state index contributed by atoms with van der Waals surface area (Å²) in [5.74, 6) is -2.24. The van der Waals surface area contributed by atoms with Crippen molar-refractivity contribution < 1.29 is 19.4 Å². The van der Waals surface area contributed by atoms with Crippen LogP contribution in [-0.2, 0) is 0 Å². The van der Waals surface area contributed by atoms with Gasteiger partial charge in [0, 0.05) is 16.8 Å². The number of phenols is 2. The maximum Gasteiger partial charge on any atom is 0.259 e. The first-order valence-corrected chi connectivity index (χ1v) is 5.63. The molecule has 3 N–H and O–H groups in total. The molecule has 0 aromatic heterocycles. The zero-order valence-corrected chi connectivity index (χ0v) is 10.3. The molecule has 0 spiro atoms. The predicted octanol–water partition coefficient (Wildman–Crippen LogP) is 3.14. The first-order chi connectivity index (χ1) is 8.97. The van der Waals surface area contributed by atoms with Crippen LogP contribution in [0.1, 0.15) is 10.4 Å². The monoisotopic (exact) mass is 281 g/mol. The van der Waals surface area contributed by atoms with Crippen LogP contribution in [0, 0.1) is 5.82 Å². The molecule has 0 bridgehead atoms. The summed E-state index contributed by atoms with van der Waals surface area (Å²) in [7, 11) is 0. The summed E-state index contributed by atoms with van der Waals surface area (Å²) < 4.78 is 13.1. The van der Waals surface area contributed by atoms with E-state index in [0.29, 0.717) is 5.02 Å². The van der Waals surface area contributed by atoms with Crippen LogP contribution in [0.15, 0.2) is 36.4 Å². The van der Waals surface area contributed by atoms with Gasteiger partial charge < -0.3 is 15.5 Å². The average molecular weight is 282 g/mol. The Balaban J connectivity index is 2.23. The highest BCUT2D eigenvalue weighted by molar-refractivity contribution is 6.30. The zero-order chi connectivity index (χ0) is 14.0. The van der Waals surface area contributed by atoms with Crippen molar-refractivity contribution in [3.63, 3.8) is 0 Å². The number of rotatable bonds is 2. The standard InChI is InChI=1S/C13H9ClFNO3/c14-7-1-3-9(12(18)5-7)13(19)16-8-2-4-11(17)10(15)6-8/h1-6,17-18H,(H,16,19). The number of hydrogen-bond donors (Lipinski definition) is 3. The number of amides is 1. The van der Waals surface area contributed by atoms with Crippen LogP contribution >= 0.6 is 11.6 Å². The van der Waals surface area contributed by atoms with Gasteiger partial charge in [0.2, 0.25) is 0 Å². The number of benzene rings is 2. The van der Waals surface area contributed by atoms with E-state index in [4.69, 9.17) is 16.7 Å². The smallest absolute Gasteiger partial charge is 0.259 e. The maximum atomic E-state index is 13.1. The lowest BCUT2D eigenvalue weighted by molar-refractivity contribution is 0.102. The maximum absolute atomic E-state index is 13.1. The summed E-state index contributed by atoms with van der Waals surface area (Å²) in [4.78, 5) is 11.8. The van der Waals surface area contributed by atoms with Crippen LogP contribution in [0.3, 0.4) is 0 Å². The normalized spacial score (nSPS) is 10.2. The van der Waals surface area contributed by atoms with Gasteiger partial charge in [0.05, 0.1) is 5.56 Å². The van der Waals surface area contributed by atoms with Crippen LogP contribution in [0.2, 0.25) is 5.02 Å². The third kappa shape index (κ3) is 2.95. The number of halogens is 2. The molecule has 0 aliphatic rings. The second-order valence-electron chi connectivity index (χ2n) is 3.78. The van der Waals surface area contributed by atoms with Gasteiger partial charge in [-0.2, -0.15) is 0 Å². The van der Waals surface area contributed by atoms with E-state index in [2.05, 4.69) is 5.32 Å². The molecule has 0 aliphatic heterocycles. The Morgan fingerprint density at radius 2 is 1.84 bits per heavy atom. The Morgan fingerprint density at radius 1 is 1.11 bits per heavy atom. The molecular weight excluding hydrogens is 273 g/mol. The number of aromatic hydroxyl groups is 2. The number of carbonyl (C=O) groups excluding carboxylic acids is 1. The van der Waals surface area contributed by atoms with Crippen molar-refractivity contribution in [2.45, 2.75) is 0 Å². The Kier molecular flexibility index (Phi) is 3.57. The molecule has 0 saturated heterocycles. The topological polar surface area (TPSA) is 69.6 Å². The van der Waals surface area contributed by atoms with E-state index in [1.165, 1.54) is 24.3 Å². The van der Waals surface area contributed by atoms with E-state index in [9.17, 15) is 14.3 Å². The summed E-state index contributed by atoms with van der Waals surface area (Å²) in [6, 6.07) is 7.46. The summed E-state index contributed by atoms with van der Waals surface area (Å²) in [6.45, 7) is 0. The summed E-state index contributed by atoms with van der Waals surface area (Å²) >= 11 is 5.65. The summed E-state index contributed by atoms with van der Waals surface area (Å²) in [6.07, 6.45) is 0. The molecule has 1 amide bonds. The predicted molar refractivity (Wildman–Crippen MR) is 69.1 cm³/mol. The van der Waals surface area contributed by atoms with Crippen LogP contribution in [0.4, 0.5) is 10.1 Å². The minimum absolute atomic E-state index is 0.0119. The lowest BCUT2D eigenvalue weighted by atomic mass is 10.2. The van der Waals surface area contributed by atoms with Crippen LogP contribution in [-0.4, -0.2) is 16.1 Å². The molecule has 0 atom stereocenters. The lowest BCUT2D eigenvalue weighted by Crippen LogP contribution is -2.12. The van der Waals surface area contributed by atoms with Gasteiger partial charge in [-0.15, -0.1) is 0 Å². The van der Waals surface area contributed by atoms with Crippen molar-refractivity contribution in [2.75, 3.05) is 5.32 Å². The molecule has 98 valence electrons. The van der Waals surface area contributed by atoms with E-state index in [-0.39, 0.29) is 17.0 Å². The fourth-order valence-electron chi connectivity index (χ4n) is 1.48. The quantitative estimate of drug-likeness (QED) is 0.741. The number of nitrogens with one attached hydrogen (secondary N) is 1. The van der Waals surface area contributed by atoms with E-state index >= 15 is 0 Å². The van der Waals surface area contributed by atoms with Crippen LogP contribution in [0.5, 0.6) is 11.5 Å². The number of phenolic OH excluding ortho intramolecular Hbond substituents is 2. The van der Waals surface area contributed by atoms with Gasteiger partial charge in [-0.25, -0.2) is 4.39 Å². The number of hydrogen-bond acceptors (Lipinski definition) is 3. The second kappa shape index (κ2) is 5.16. The lowest BCUT2D eigenvalue weighted by Gasteiger charge is -2.07. The minimum atomic E-state index is -0.849. The molecule has 2 rings (SSSR count). The summed E-state index contributed by atoms with van der Waals surface area (Å²) in [5.41, 5.74) is 0.174. The third-order valence-electron chi connectivity index (χ3n) is 2.41. The fourth-order valence-corrected chi connectivity index (χ4v) is 1.65. The van der Waals surface area contributed by atoms with Gasteiger partial charge in [0.1, 0.15) is 5.75 Å². The Morgan fingerprint density at radius 3 is 2.47 bits per heavy atom. The molecule has 0 unspecified atom stereocenters. The van der Waals surface area contributed by atoms with Crippen molar-refractivity contribution >= 4 is 23.2 Å². The van der Waals surface area contributed by atoms with Gasteiger partial charge in [0.15, 0.2) is 11.6 Å². The first kappa shape index (κ1) is 13.2. The van der Waals surface area contributed by atoms with E-state index in [1.54, 1.807) is 0 Å². The van der Waals surface area contributed by atoms with Crippen molar-refractivity contribution in [3.8, 4) is 11.5 Å². The van der Waals surface area contributed by atoms with Gasteiger partial charge in [-0.1, -0.05) is 11.6 Å². The molecule has 19 heavy (non-hydrogen) atoms. The SMILES string of the molecule is O=C(Nc1ccc(O)c(F)c1)c1ccc(Cl)cc1O. The van der Waals surface area contributed by atoms with E-state index in [0.717, 1.165) is 12.1 Å². The fraction of sp³-hybridized carbons (Fsp3) is 0. The van der Waals surface area contributed by atoms with Crippen molar-refractivity contribution in [3.05, 3.63) is 52.8 Å². The van der Waals surface area contributed by atoms with E-state index < -0.39 is 17.5 Å². The molecule has 2 aromatic carbocycles. The average Bonchev–Trinajstić information content (AvgIpc) is 2.33. The molecule has 6 heteroatoms. The van der Waals surface area contributed by atoms with Gasteiger partial charge >= 0.3 is 0 Å². The highest BCUT2D eigenvalue weighted by atomic mass is 35.5. The Hall–Kier alpha value is -2.27. The van der Waals surface area contributed by atoms with Gasteiger partial charge in [-0.05, 0) is 30.3 Å². The molecule has 4 nitrogen and oxygen atoms in total. The van der Waals surface area contributed by atoms with Crippen molar-refractivity contribution in [2.24, 2.45) is 0 Å². The first-order valence-electron chi connectivity index (χ1n) is 5.26. The number of carbonyl (C=O) groups is 1. The van der Waals surface area contributed by atoms with Gasteiger partial charge in [0.25, 0.3) is 5.91 Å². The molecule has 2 aromatic rings. The molecule has 0 radical (unpaired) electrons. The molecule has 0 aliphatic carbocycles. The Bertz CT molecular complexity index is 646. The zero-order valence-electron chi connectivity index (χ0n) is 9.52. The largest absolute Gasteiger partial charge is 0.507 e. The van der Waals surface area contributed by atoms with Gasteiger partial charge in [-0.3, -0.25) is 4.79 Å².